The minimum absolute atomic E-state index is 0.493. The average molecular weight is 855 g/mol. The Morgan fingerprint density at radius 1 is 0.284 bits per heavy atom. The van der Waals surface area contributed by atoms with Gasteiger partial charge in [-0.25, -0.2) is 15.0 Å². The molecule has 0 saturated carbocycles. The van der Waals surface area contributed by atoms with Crippen LogP contribution < -0.4 is 0 Å². The molecule has 0 fully saturated rings. The second kappa shape index (κ2) is 15.9. The molecule has 0 spiro atoms. The molecule has 67 heavy (non-hydrogen) atoms. The third-order valence-electron chi connectivity index (χ3n) is 12.9. The number of fused-ring (bicyclic) bond motifs is 5. The molecule has 312 valence electrons. The van der Waals surface area contributed by atoms with Crippen molar-refractivity contribution in [2.24, 2.45) is 0 Å². The van der Waals surface area contributed by atoms with Gasteiger partial charge in [0.25, 0.3) is 0 Å². The molecule has 5 heteroatoms. The highest BCUT2D eigenvalue weighted by molar-refractivity contribution is 6.02. The van der Waals surface area contributed by atoms with E-state index in [-0.39, 0.29) is 0 Å². The maximum Gasteiger partial charge on any atom is 0.228 e. The molecule has 0 N–H and O–H groups in total. The fourth-order valence-corrected chi connectivity index (χ4v) is 9.72. The molecule has 0 unspecified atom stereocenters. The number of pyridine rings is 3. The topological polar surface area (TPSA) is 64.7 Å². The van der Waals surface area contributed by atoms with Crippen LogP contribution in [0.15, 0.2) is 235 Å². The molecule has 0 amide bonds. The van der Waals surface area contributed by atoms with Gasteiger partial charge in [0.05, 0.1) is 22.8 Å². The maximum absolute atomic E-state index is 6.50. The lowest BCUT2D eigenvalue weighted by atomic mass is 9.91. The molecule has 4 aromatic heterocycles. The summed E-state index contributed by atoms with van der Waals surface area (Å²) in [6.45, 7) is 0. The molecule has 0 saturated heterocycles. The van der Waals surface area contributed by atoms with Crippen LogP contribution in [0.25, 0.3) is 133 Å². The minimum atomic E-state index is 0.493. The summed E-state index contributed by atoms with van der Waals surface area (Å²) >= 11 is 0. The van der Waals surface area contributed by atoms with Crippen molar-refractivity contribution >= 4 is 54.3 Å². The van der Waals surface area contributed by atoms with Crippen molar-refractivity contribution in [2.45, 2.75) is 0 Å². The fraction of sp³-hybridized carbons (Fsp3) is 0. The van der Waals surface area contributed by atoms with Crippen LogP contribution in [0.4, 0.5) is 0 Å². The van der Waals surface area contributed by atoms with E-state index in [1.165, 1.54) is 0 Å². The standard InChI is InChI=1S/C62H38N4O/c1-5-22-48-39(14-1)18-9-26-52(48)56-35-45(36-57(64-56)53-27-10-19-40-15-2-6-23-49(40)53)43-32-44(34-47(33-43)62-66-61-60(67-62)30-13-31-63-61)46-37-58(54-28-11-20-41-16-3-7-24-50(41)54)65-59(38-46)55-29-12-21-42-17-4-8-25-51(42)55/h1-38H. The van der Waals surface area contributed by atoms with Gasteiger partial charge in [-0.05, 0) is 120 Å². The highest BCUT2D eigenvalue weighted by atomic mass is 16.3. The second-order valence-corrected chi connectivity index (χ2v) is 17.0. The molecule has 4 heterocycles. The number of benzene rings is 9. The first-order valence-electron chi connectivity index (χ1n) is 22.5. The Labute approximate surface area is 386 Å². The van der Waals surface area contributed by atoms with Gasteiger partial charge in [0.1, 0.15) is 0 Å². The van der Waals surface area contributed by atoms with Crippen molar-refractivity contribution < 1.29 is 4.42 Å². The van der Waals surface area contributed by atoms with Crippen LogP contribution in [0.1, 0.15) is 0 Å². The minimum Gasteiger partial charge on any atom is -0.434 e. The third kappa shape index (κ3) is 6.89. The van der Waals surface area contributed by atoms with Gasteiger partial charge in [0, 0.05) is 34.0 Å². The number of nitrogens with zero attached hydrogens (tertiary/aromatic N) is 4. The SMILES string of the molecule is c1ccc2c(-c3cc(-c4cc(-c5cc(-c6cccc7ccccc67)nc(-c6cccc7ccccc67)c5)cc(-c5nc6ncccc6o5)c4)cc(-c4cccc5ccccc45)n3)cccc2c1. The number of hydrogen-bond donors (Lipinski definition) is 0. The van der Waals surface area contributed by atoms with Gasteiger partial charge in [0.15, 0.2) is 11.2 Å². The normalized spacial score (nSPS) is 11.6. The summed E-state index contributed by atoms with van der Waals surface area (Å²) in [5, 5.41) is 9.22. The van der Waals surface area contributed by atoms with Crippen molar-refractivity contribution in [1.82, 2.24) is 19.9 Å². The maximum atomic E-state index is 6.50. The van der Waals surface area contributed by atoms with E-state index in [1.54, 1.807) is 6.20 Å². The average Bonchev–Trinajstić information content (AvgIpc) is 3.85. The summed E-state index contributed by atoms with van der Waals surface area (Å²) in [4.78, 5) is 20.5. The quantitative estimate of drug-likeness (QED) is 0.160. The van der Waals surface area contributed by atoms with Crippen LogP contribution in [-0.4, -0.2) is 19.9 Å². The summed E-state index contributed by atoms with van der Waals surface area (Å²) < 4.78 is 6.50. The summed E-state index contributed by atoms with van der Waals surface area (Å²) in [5.41, 5.74) is 13.8. The van der Waals surface area contributed by atoms with Gasteiger partial charge < -0.3 is 4.42 Å². The van der Waals surface area contributed by atoms with E-state index >= 15 is 0 Å². The number of hydrogen-bond acceptors (Lipinski definition) is 5. The molecule has 0 aliphatic rings. The van der Waals surface area contributed by atoms with Crippen LogP contribution in [0.5, 0.6) is 0 Å². The highest BCUT2D eigenvalue weighted by Gasteiger charge is 2.19. The van der Waals surface area contributed by atoms with E-state index in [0.29, 0.717) is 17.1 Å². The molecular weight excluding hydrogens is 817 g/mol. The Balaban J connectivity index is 1.09. The Kier molecular flexibility index (Phi) is 9.10. The third-order valence-corrected chi connectivity index (χ3v) is 12.9. The highest BCUT2D eigenvalue weighted by Crippen LogP contribution is 2.41. The van der Waals surface area contributed by atoms with Gasteiger partial charge in [0.2, 0.25) is 5.89 Å². The smallest absolute Gasteiger partial charge is 0.228 e. The summed E-state index contributed by atoms with van der Waals surface area (Å²) in [5.74, 6) is 0.493. The molecule has 0 aliphatic carbocycles. The zero-order chi connectivity index (χ0) is 44.3. The van der Waals surface area contributed by atoms with E-state index in [2.05, 4.69) is 217 Å². The van der Waals surface area contributed by atoms with Crippen molar-refractivity contribution in [3.05, 3.63) is 231 Å². The molecule has 9 aromatic carbocycles. The number of rotatable bonds is 7. The van der Waals surface area contributed by atoms with Crippen LogP contribution in [0, 0.1) is 0 Å². The summed E-state index contributed by atoms with van der Waals surface area (Å²) in [7, 11) is 0. The first kappa shape index (κ1) is 38.4. The van der Waals surface area contributed by atoms with Crippen molar-refractivity contribution in [2.75, 3.05) is 0 Å². The van der Waals surface area contributed by atoms with E-state index in [4.69, 9.17) is 19.4 Å². The van der Waals surface area contributed by atoms with Gasteiger partial charge in [-0.1, -0.05) is 170 Å². The van der Waals surface area contributed by atoms with Crippen LogP contribution in [-0.2, 0) is 0 Å². The van der Waals surface area contributed by atoms with Crippen molar-refractivity contribution in [3.8, 4) is 78.7 Å². The zero-order valence-corrected chi connectivity index (χ0v) is 36.1. The molecule has 0 bridgehead atoms. The molecule has 0 radical (unpaired) electrons. The Hall–Kier alpha value is -9.06. The molecular formula is C62H38N4O. The Morgan fingerprint density at radius 3 is 1.01 bits per heavy atom. The van der Waals surface area contributed by atoms with Gasteiger partial charge >= 0.3 is 0 Å². The lowest BCUT2D eigenvalue weighted by Gasteiger charge is -2.16. The Bertz CT molecular complexity index is 3600. The summed E-state index contributed by atoms with van der Waals surface area (Å²) in [6.07, 6.45) is 1.75. The largest absolute Gasteiger partial charge is 0.434 e. The van der Waals surface area contributed by atoms with E-state index in [0.717, 1.165) is 116 Å². The zero-order valence-electron chi connectivity index (χ0n) is 36.1. The first-order valence-corrected chi connectivity index (χ1v) is 22.5. The predicted octanol–water partition coefficient (Wildman–Crippen LogP) is 16.3. The second-order valence-electron chi connectivity index (χ2n) is 17.0. The van der Waals surface area contributed by atoms with E-state index < -0.39 is 0 Å². The van der Waals surface area contributed by atoms with Crippen LogP contribution >= 0.6 is 0 Å². The van der Waals surface area contributed by atoms with Gasteiger partial charge in [-0.3, -0.25) is 0 Å². The molecule has 13 aromatic rings. The predicted molar refractivity (Wildman–Crippen MR) is 275 cm³/mol. The lowest BCUT2D eigenvalue weighted by molar-refractivity contribution is 0.620. The Morgan fingerprint density at radius 2 is 0.627 bits per heavy atom. The monoisotopic (exact) mass is 854 g/mol. The summed E-state index contributed by atoms with van der Waals surface area (Å²) in [6, 6.07) is 79.3. The van der Waals surface area contributed by atoms with E-state index in [1.807, 2.05) is 12.1 Å². The first-order chi connectivity index (χ1) is 33.2. The molecule has 0 atom stereocenters. The molecule has 13 rings (SSSR count). The number of aromatic nitrogens is 4. The van der Waals surface area contributed by atoms with Crippen molar-refractivity contribution in [3.63, 3.8) is 0 Å². The van der Waals surface area contributed by atoms with Crippen molar-refractivity contribution in [1.29, 1.82) is 0 Å². The van der Waals surface area contributed by atoms with Crippen LogP contribution in [0.2, 0.25) is 0 Å². The molecule has 5 nitrogen and oxygen atoms in total. The number of oxazole rings is 1. The van der Waals surface area contributed by atoms with E-state index in [9.17, 15) is 0 Å². The lowest BCUT2D eigenvalue weighted by Crippen LogP contribution is -1.95. The van der Waals surface area contributed by atoms with Gasteiger partial charge in [-0.2, -0.15) is 4.98 Å². The van der Waals surface area contributed by atoms with Gasteiger partial charge in [-0.15, -0.1) is 0 Å². The fourth-order valence-electron chi connectivity index (χ4n) is 9.72. The molecule has 0 aliphatic heterocycles. The van der Waals surface area contributed by atoms with Crippen LogP contribution in [0.3, 0.4) is 0 Å².